The van der Waals surface area contributed by atoms with Crippen LogP contribution < -0.4 is 0 Å². The second-order valence-corrected chi connectivity index (χ2v) is 21.0. The molecular weight excluding hydrogens is 865 g/mol. The summed E-state index contributed by atoms with van der Waals surface area (Å²) in [7, 11) is 0. The summed E-state index contributed by atoms with van der Waals surface area (Å²) in [4.78, 5) is 38.0. The standard InChI is InChI=1S/C64H118O6/c1-4-7-10-13-16-18-20-22-24-26-28-30-31-32-34-35-37-39-41-43-45-48-51-54-57-63(66)69-60-61(59-68-62(65)56-53-50-47-15-12-9-6-3)70-64(67)58-55-52-49-46-44-42-40-38-36-33-29-27-25-23-21-19-17-14-11-8-5-2/h21,23,27,29,36,38,61H,4-20,22,24-26,28,30-35,37,39-60H2,1-3H3/b23-21-,29-27-,38-36-. The number of allylic oxidation sites excluding steroid dienone is 6. The average Bonchev–Trinajstić information content (AvgIpc) is 3.36. The van der Waals surface area contributed by atoms with Gasteiger partial charge >= 0.3 is 17.9 Å². The number of hydrogen-bond acceptors (Lipinski definition) is 6. The zero-order valence-electron chi connectivity index (χ0n) is 47.1. The number of carbonyl (C=O) groups is 3. The maximum atomic E-state index is 12.8. The molecule has 0 aromatic carbocycles. The van der Waals surface area contributed by atoms with E-state index in [-0.39, 0.29) is 31.1 Å². The Bertz CT molecular complexity index is 1170. The minimum atomic E-state index is -0.774. The molecule has 0 aliphatic heterocycles. The Morgan fingerprint density at radius 1 is 0.286 bits per heavy atom. The van der Waals surface area contributed by atoms with Crippen LogP contribution in [0.5, 0.6) is 0 Å². The molecule has 0 fully saturated rings. The zero-order chi connectivity index (χ0) is 50.7. The van der Waals surface area contributed by atoms with Crippen LogP contribution in [0.2, 0.25) is 0 Å². The summed E-state index contributed by atoms with van der Waals surface area (Å²) in [6.45, 7) is 6.63. The van der Waals surface area contributed by atoms with Crippen LogP contribution in [-0.2, 0) is 28.6 Å². The van der Waals surface area contributed by atoms with E-state index in [1.165, 1.54) is 218 Å². The van der Waals surface area contributed by atoms with E-state index in [4.69, 9.17) is 14.2 Å². The topological polar surface area (TPSA) is 78.9 Å². The number of rotatable bonds is 57. The highest BCUT2D eigenvalue weighted by Gasteiger charge is 2.19. The molecule has 0 aromatic rings. The molecule has 0 heterocycles. The third-order valence-corrected chi connectivity index (χ3v) is 13.9. The van der Waals surface area contributed by atoms with Gasteiger partial charge < -0.3 is 14.2 Å². The van der Waals surface area contributed by atoms with Crippen molar-refractivity contribution in [2.45, 2.75) is 341 Å². The van der Waals surface area contributed by atoms with Gasteiger partial charge in [0.1, 0.15) is 13.2 Å². The van der Waals surface area contributed by atoms with E-state index in [1.807, 2.05) is 0 Å². The quantitative estimate of drug-likeness (QED) is 0.0261. The first-order valence-electron chi connectivity index (χ1n) is 31.0. The molecule has 0 aliphatic rings. The highest BCUT2D eigenvalue weighted by atomic mass is 16.6. The molecule has 0 aromatic heterocycles. The van der Waals surface area contributed by atoms with Gasteiger partial charge in [0.2, 0.25) is 0 Å². The normalized spacial score (nSPS) is 12.2. The first kappa shape index (κ1) is 67.6. The average molecular weight is 984 g/mol. The number of carbonyl (C=O) groups excluding carboxylic acids is 3. The van der Waals surface area contributed by atoms with Crippen LogP contribution in [0.15, 0.2) is 36.5 Å². The predicted octanol–water partition coefficient (Wildman–Crippen LogP) is 20.8. The SMILES string of the molecule is CCCCCCC/C=C\C/C=C\C/C=C\CCCCCCCCC(=O)OC(COC(=O)CCCCCCCCC)COC(=O)CCCCCCCCCCCCCCCCCCCCCCCCCC. The summed E-state index contributed by atoms with van der Waals surface area (Å²) in [6.07, 6.45) is 71.7. The van der Waals surface area contributed by atoms with E-state index < -0.39 is 6.10 Å². The highest BCUT2D eigenvalue weighted by Crippen LogP contribution is 2.17. The molecule has 0 amide bonds. The molecule has 1 unspecified atom stereocenters. The molecule has 0 N–H and O–H groups in total. The maximum Gasteiger partial charge on any atom is 0.306 e. The summed E-state index contributed by atoms with van der Waals surface area (Å²) >= 11 is 0. The lowest BCUT2D eigenvalue weighted by Gasteiger charge is -2.18. The van der Waals surface area contributed by atoms with E-state index >= 15 is 0 Å². The van der Waals surface area contributed by atoms with Gasteiger partial charge in [-0.15, -0.1) is 0 Å². The molecule has 0 radical (unpaired) electrons. The van der Waals surface area contributed by atoms with Crippen LogP contribution in [0.4, 0.5) is 0 Å². The van der Waals surface area contributed by atoms with Gasteiger partial charge in [0, 0.05) is 19.3 Å². The van der Waals surface area contributed by atoms with Gasteiger partial charge in [-0.2, -0.15) is 0 Å². The fourth-order valence-electron chi connectivity index (χ4n) is 9.22. The van der Waals surface area contributed by atoms with Gasteiger partial charge in [-0.05, 0) is 57.8 Å². The van der Waals surface area contributed by atoms with Gasteiger partial charge in [0.25, 0.3) is 0 Å². The van der Waals surface area contributed by atoms with Crippen molar-refractivity contribution < 1.29 is 28.6 Å². The lowest BCUT2D eigenvalue weighted by Crippen LogP contribution is -2.30. The molecule has 6 nitrogen and oxygen atoms in total. The Balaban J connectivity index is 4.13. The molecule has 0 rings (SSSR count). The third-order valence-electron chi connectivity index (χ3n) is 13.9. The molecule has 0 bridgehead atoms. The third kappa shape index (κ3) is 56.5. The zero-order valence-corrected chi connectivity index (χ0v) is 47.1. The molecule has 0 spiro atoms. The summed E-state index contributed by atoms with van der Waals surface area (Å²) in [6, 6.07) is 0. The van der Waals surface area contributed by atoms with Crippen molar-refractivity contribution in [3.63, 3.8) is 0 Å². The Morgan fingerprint density at radius 3 is 0.800 bits per heavy atom. The summed E-state index contributed by atoms with van der Waals surface area (Å²) in [5, 5.41) is 0. The molecule has 70 heavy (non-hydrogen) atoms. The van der Waals surface area contributed by atoms with Crippen LogP contribution in [0.25, 0.3) is 0 Å². The van der Waals surface area contributed by atoms with Gasteiger partial charge in [0.15, 0.2) is 6.10 Å². The first-order valence-corrected chi connectivity index (χ1v) is 31.0. The monoisotopic (exact) mass is 983 g/mol. The smallest absolute Gasteiger partial charge is 0.306 e. The Morgan fingerprint density at radius 2 is 0.514 bits per heavy atom. The van der Waals surface area contributed by atoms with Crippen molar-refractivity contribution >= 4 is 17.9 Å². The van der Waals surface area contributed by atoms with E-state index in [1.54, 1.807) is 0 Å². The Labute approximate surface area is 435 Å². The summed E-state index contributed by atoms with van der Waals surface area (Å²) < 4.78 is 16.8. The predicted molar refractivity (Wildman–Crippen MR) is 302 cm³/mol. The van der Waals surface area contributed by atoms with Crippen LogP contribution in [0, 0.1) is 0 Å². The molecule has 6 heteroatoms. The molecule has 0 saturated carbocycles. The lowest BCUT2D eigenvalue weighted by molar-refractivity contribution is -0.167. The van der Waals surface area contributed by atoms with E-state index in [0.29, 0.717) is 19.3 Å². The van der Waals surface area contributed by atoms with E-state index in [9.17, 15) is 14.4 Å². The minimum absolute atomic E-state index is 0.0733. The Hall–Kier alpha value is -2.37. The second-order valence-electron chi connectivity index (χ2n) is 21.0. The lowest BCUT2D eigenvalue weighted by atomic mass is 10.0. The van der Waals surface area contributed by atoms with Crippen LogP contribution >= 0.6 is 0 Å². The fraction of sp³-hybridized carbons (Fsp3) is 0.859. The van der Waals surface area contributed by atoms with Crippen molar-refractivity contribution in [2.75, 3.05) is 13.2 Å². The summed E-state index contributed by atoms with van der Waals surface area (Å²) in [5.41, 5.74) is 0. The van der Waals surface area contributed by atoms with Crippen LogP contribution in [-0.4, -0.2) is 37.2 Å². The van der Waals surface area contributed by atoms with Gasteiger partial charge in [-0.3, -0.25) is 14.4 Å². The molecule has 410 valence electrons. The molecular formula is C64H118O6. The second kappa shape index (κ2) is 59.2. The van der Waals surface area contributed by atoms with Crippen molar-refractivity contribution in [1.29, 1.82) is 0 Å². The summed E-state index contributed by atoms with van der Waals surface area (Å²) in [5.74, 6) is -0.874. The van der Waals surface area contributed by atoms with Crippen LogP contribution in [0.1, 0.15) is 335 Å². The first-order chi connectivity index (χ1) is 34.5. The van der Waals surface area contributed by atoms with E-state index in [2.05, 4.69) is 57.2 Å². The number of unbranched alkanes of at least 4 members (excludes halogenated alkanes) is 40. The van der Waals surface area contributed by atoms with Gasteiger partial charge in [0.05, 0.1) is 0 Å². The largest absolute Gasteiger partial charge is 0.462 e. The Kier molecular flexibility index (Phi) is 57.2. The number of esters is 3. The van der Waals surface area contributed by atoms with Gasteiger partial charge in [-0.25, -0.2) is 0 Å². The molecule has 0 saturated heterocycles. The fourth-order valence-corrected chi connectivity index (χ4v) is 9.22. The van der Waals surface area contributed by atoms with Crippen LogP contribution in [0.3, 0.4) is 0 Å². The molecule has 1 atom stereocenters. The highest BCUT2D eigenvalue weighted by molar-refractivity contribution is 5.71. The number of hydrogen-bond donors (Lipinski definition) is 0. The van der Waals surface area contributed by atoms with Crippen molar-refractivity contribution in [3.8, 4) is 0 Å². The molecule has 0 aliphatic carbocycles. The van der Waals surface area contributed by atoms with Crippen molar-refractivity contribution in [2.24, 2.45) is 0 Å². The number of ether oxygens (including phenoxy) is 3. The van der Waals surface area contributed by atoms with Crippen molar-refractivity contribution in [1.82, 2.24) is 0 Å². The minimum Gasteiger partial charge on any atom is -0.462 e. The van der Waals surface area contributed by atoms with Crippen molar-refractivity contribution in [3.05, 3.63) is 36.5 Å². The maximum absolute atomic E-state index is 12.8. The van der Waals surface area contributed by atoms with Gasteiger partial charge in [-0.1, -0.05) is 295 Å². The van der Waals surface area contributed by atoms with E-state index in [0.717, 1.165) is 77.0 Å².